The molecule has 4 heteroatoms. The van der Waals surface area contributed by atoms with Crippen LogP contribution in [0.2, 0.25) is 0 Å². The van der Waals surface area contributed by atoms with Gasteiger partial charge in [-0.3, -0.25) is 0 Å². The number of benzene rings is 2. The van der Waals surface area contributed by atoms with Gasteiger partial charge in [0, 0.05) is 8.95 Å². The van der Waals surface area contributed by atoms with Crippen molar-refractivity contribution in [1.29, 1.82) is 0 Å². The van der Waals surface area contributed by atoms with E-state index in [2.05, 4.69) is 42.1 Å². The van der Waals surface area contributed by atoms with Gasteiger partial charge >= 0.3 is 0 Å². The van der Waals surface area contributed by atoms with Gasteiger partial charge in [-0.2, -0.15) is 10.2 Å². The zero-order valence-corrected chi connectivity index (χ0v) is 12.6. The van der Waals surface area contributed by atoms with E-state index in [4.69, 9.17) is 0 Å². The SMILES string of the molecule is Brc1ccc(/C=N\N=C/c2ccc(Br)cc2)cc1. The lowest BCUT2D eigenvalue weighted by atomic mass is 10.2. The summed E-state index contributed by atoms with van der Waals surface area (Å²) in [6.45, 7) is 0. The van der Waals surface area contributed by atoms with Gasteiger partial charge in [0.1, 0.15) is 0 Å². The van der Waals surface area contributed by atoms with Crippen molar-refractivity contribution in [3.05, 3.63) is 68.6 Å². The van der Waals surface area contributed by atoms with Gasteiger partial charge in [-0.05, 0) is 35.4 Å². The Balaban J connectivity index is 1.98. The molecule has 0 heterocycles. The standard InChI is InChI=1S/C14H10Br2N2/c15-13-5-1-11(2-6-13)9-17-18-10-12-3-7-14(16)8-4-12/h1-10H/b17-9-,18-10-. The third-order valence-electron chi connectivity index (χ3n) is 2.22. The van der Waals surface area contributed by atoms with E-state index in [1.54, 1.807) is 12.4 Å². The van der Waals surface area contributed by atoms with Crippen LogP contribution < -0.4 is 0 Å². The van der Waals surface area contributed by atoms with Crippen LogP contribution in [0.15, 0.2) is 67.7 Å². The summed E-state index contributed by atoms with van der Waals surface area (Å²) in [4.78, 5) is 0. The second-order valence-corrected chi connectivity index (χ2v) is 5.42. The first-order valence-electron chi connectivity index (χ1n) is 5.31. The molecule has 2 rings (SSSR count). The van der Waals surface area contributed by atoms with E-state index in [9.17, 15) is 0 Å². The van der Waals surface area contributed by atoms with Crippen LogP contribution in [-0.2, 0) is 0 Å². The summed E-state index contributed by atoms with van der Waals surface area (Å²) in [7, 11) is 0. The van der Waals surface area contributed by atoms with Crippen LogP contribution in [0.4, 0.5) is 0 Å². The molecule has 2 aromatic carbocycles. The lowest BCUT2D eigenvalue weighted by molar-refractivity contribution is 1.26. The Kier molecular flexibility index (Phi) is 4.84. The van der Waals surface area contributed by atoms with Crippen molar-refractivity contribution in [1.82, 2.24) is 0 Å². The molecular formula is C14H10Br2N2. The Morgan fingerprint density at radius 1 is 0.611 bits per heavy atom. The van der Waals surface area contributed by atoms with E-state index >= 15 is 0 Å². The highest BCUT2D eigenvalue weighted by atomic mass is 79.9. The molecule has 0 aromatic heterocycles. The summed E-state index contributed by atoms with van der Waals surface area (Å²) < 4.78 is 2.11. The molecule has 0 saturated carbocycles. The van der Waals surface area contributed by atoms with E-state index in [1.807, 2.05) is 48.5 Å². The lowest BCUT2D eigenvalue weighted by Crippen LogP contribution is -1.81. The van der Waals surface area contributed by atoms with E-state index in [-0.39, 0.29) is 0 Å². The summed E-state index contributed by atoms with van der Waals surface area (Å²) in [6, 6.07) is 15.8. The molecule has 0 aliphatic carbocycles. The van der Waals surface area contributed by atoms with Crippen LogP contribution in [0.25, 0.3) is 0 Å². The Hall–Kier alpha value is -1.26. The normalized spacial score (nSPS) is 11.4. The molecule has 0 bridgehead atoms. The van der Waals surface area contributed by atoms with Crippen LogP contribution in [0.3, 0.4) is 0 Å². The largest absolute Gasteiger partial charge is 0.159 e. The van der Waals surface area contributed by atoms with E-state index in [0.29, 0.717) is 0 Å². The van der Waals surface area contributed by atoms with E-state index in [1.165, 1.54) is 0 Å². The molecule has 0 N–H and O–H groups in total. The molecule has 2 aromatic rings. The van der Waals surface area contributed by atoms with Crippen molar-refractivity contribution in [3.63, 3.8) is 0 Å². The summed E-state index contributed by atoms with van der Waals surface area (Å²) >= 11 is 6.77. The minimum absolute atomic E-state index is 1.02. The molecule has 0 radical (unpaired) electrons. The molecule has 0 aliphatic rings. The zero-order chi connectivity index (χ0) is 12.8. The second-order valence-electron chi connectivity index (χ2n) is 3.59. The van der Waals surface area contributed by atoms with Gasteiger partial charge in [0.15, 0.2) is 0 Å². The first kappa shape index (κ1) is 13.2. The van der Waals surface area contributed by atoms with Crippen molar-refractivity contribution in [2.45, 2.75) is 0 Å². The number of rotatable bonds is 3. The van der Waals surface area contributed by atoms with E-state index in [0.717, 1.165) is 20.1 Å². The third kappa shape index (κ3) is 4.20. The highest BCUT2D eigenvalue weighted by molar-refractivity contribution is 9.10. The maximum Gasteiger partial charge on any atom is 0.0568 e. The summed E-state index contributed by atoms with van der Waals surface area (Å²) in [6.07, 6.45) is 3.45. The van der Waals surface area contributed by atoms with Gasteiger partial charge in [-0.15, -0.1) is 0 Å². The zero-order valence-electron chi connectivity index (χ0n) is 9.42. The summed E-state index contributed by atoms with van der Waals surface area (Å²) in [5.74, 6) is 0. The minimum Gasteiger partial charge on any atom is -0.159 e. The quantitative estimate of drug-likeness (QED) is 0.558. The average molecular weight is 366 g/mol. The molecule has 90 valence electrons. The maximum absolute atomic E-state index is 4.01. The van der Waals surface area contributed by atoms with Gasteiger partial charge in [0.2, 0.25) is 0 Å². The Labute approximate surface area is 123 Å². The smallest absolute Gasteiger partial charge is 0.0568 e. The molecule has 0 spiro atoms. The van der Waals surface area contributed by atoms with Crippen molar-refractivity contribution in [2.24, 2.45) is 10.2 Å². The molecule has 0 atom stereocenters. The highest BCUT2D eigenvalue weighted by Gasteiger charge is 1.88. The molecule has 0 unspecified atom stereocenters. The van der Waals surface area contributed by atoms with E-state index < -0.39 is 0 Å². The molecule has 2 nitrogen and oxygen atoms in total. The molecule has 0 saturated heterocycles. The van der Waals surface area contributed by atoms with Crippen LogP contribution in [0.1, 0.15) is 11.1 Å². The predicted molar refractivity (Wildman–Crippen MR) is 83.5 cm³/mol. The number of hydrogen-bond donors (Lipinski definition) is 0. The number of halogens is 2. The number of nitrogens with zero attached hydrogens (tertiary/aromatic N) is 2. The molecule has 18 heavy (non-hydrogen) atoms. The monoisotopic (exact) mass is 364 g/mol. The third-order valence-corrected chi connectivity index (χ3v) is 3.28. The van der Waals surface area contributed by atoms with Crippen LogP contribution in [0, 0.1) is 0 Å². The lowest BCUT2D eigenvalue weighted by Gasteiger charge is -1.92. The van der Waals surface area contributed by atoms with Crippen molar-refractivity contribution in [3.8, 4) is 0 Å². The van der Waals surface area contributed by atoms with Crippen LogP contribution >= 0.6 is 31.9 Å². The van der Waals surface area contributed by atoms with Crippen molar-refractivity contribution >= 4 is 44.3 Å². The van der Waals surface area contributed by atoms with Crippen molar-refractivity contribution in [2.75, 3.05) is 0 Å². The molecule has 0 fully saturated rings. The number of hydrogen-bond acceptors (Lipinski definition) is 2. The topological polar surface area (TPSA) is 24.7 Å². The Bertz CT molecular complexity index is 504. The van der Waals surface area contributed by atoms with Crippen molar-refractivity contribution < 1.29 is 0 Å². The second kappa shape index (κ2) is 6.61. The molecule has 0 aliphatic heterocycles. The maximum atomic E-state index is 4.01. The predicted octanol–water partition coefficient (Wildman–Crippen LogP) is 4.66. The first-order chi connectivity index (χ1) is 8.74. The fraction of sp³-hybridized carbons (Fsp3) is 0. The van der Waals surface area contributed by atoms with Gasteiger partial charge in [0.25, 0.3) is 0 Å². The van der Waals surface area contributed by atoms with Gasteiger partial charge in [-0.25, -0.2) is 0 Å². The highest BCUT2D eigenvalue weighted by Crippen LogP contribution is 2.10. The van der Waals surface area contributed by atoms with Gasteiger partial charge in [0.05, 0.1) is 12.4 Å². The Morgan fingerprint density at radius 2 is 0.944 bits per heavy atom. The fourth-order valence-electron chi connectivity index (χ4n) is 1.30. The van der Waals surface area contributed by atoms with Gasteiger partial charge in [-0.1, -0.05) is 56.1 Å². The molecular weight excluding hydrogens is 356 g/mol. The van der Waals surface area contributed by atoms with Crippen LogP contribution in [0.5, 0.6) is 0 Å². The van der Waals surface area contributed by atoms with Gasteiger partial charge < -0.3 is 0 Å². The minimum atomic E-state index is 1.02. The Morgan fingerprint density at radius 3 is 1.28 bits per heavy atom. The fourth-order valence-corrected chi connectivity index (χ4v) is 1.83. The summed E-state index contributed by atoms with van der Waals surface area (Å²) in [5, 5.41) is 8.01. The molecule has 0 amide bonds. The first-order valence-corrected chi connectivity index (χ1v) is 6.90. The average Bonchev–Trinajstić information content (AvgIpc) is 2.39. The summed E-state index contributed by atoms with van der Waals surface area (Å²) in [5.41, 5.74) is 2.04. The van der Waals surface area contributed by atoms with Crippen LogP contribution in [-0.4, -0.2) is 12.4 Å².